The van der Waals surface area contributed by atoms with Gasteiger partial charge in [-0.1, -0.05) is 13.8 Å². The normalized spacial score (nSPS) is 19.8. The molecule has 1 aromatic heterocycles. The molecule has 1 unspecified atom stereocenters. The summed E-state index contributed by atoms with van der Waals surface area (Å²) >= 11 is 0. The van der Waals surface area contributed by atoms with Gasteiger partial charge in [0.1, 0.15) is 13.2 Å². The van der Waals surface area contributed by atoms with Gasteiger partial charge in [-0.3, -0.25) is 0 Å². The van der Waals surface area contributed by atoms with Crippen LogP contribution in [0.2, 0.25) is 0 Å². The number of hydrogen-bond acceptors (Lipinski definition) is 4. The third kappa shape index (κ3) is 3.44. The van der Waals surface area contributed by atoms with Crippen molar-refractivity contribution in [1.29, 1.82) is 0 Å². The van der Waals surface area contributed by atoms with Crippen LogP contribution >= 0.6 is 0 Å². The Bertz CT molecular complexity index is 430. The molecular weight excluding hydrogens is 261 g/mol. The summed E-state index contributed by atoms with van der Waals surface area (Å²) in [6, 6.07) is 0.0811. The lowest BCUT2D eigenvalue weighted by atomic mass is 10.0. The Morgan fingerprint density at radius 3 is 2.79 bits per heavy atom. The minimum absolute atomic E-state index is 0.0811. The molecule has 0 saturated heterocycles. The molecule has 108 valence electrons. The van der Waals surface area contributed by atoms with Gasteiger partial charge >= 0.3 is 6.18 Å². The molecule has 1 N–H and O–H groups in total. The first-order valence-electron chi connectivity index (χ1n) is 6.18. The summed E-state index contributed by atoms with van der Waals surface area (Å²) in [6.45, 7) is 4.08. The van der Waals surface area contributed by atoms with Crippen molar-refractivity contribution in [1.82, 2.24) is 20.1 Å². The maximum absolute atomic E-state index is 12.0. The van der Waals surface area contributed by atoms with E-state index in [0.717, 1.165) is 12.4 Å². The molecule has 0 aliphatic carbocycles. The highest BCUT2D eigenvalue weighted by molar-refractivity contribution is 5.05. The Balaban J connectivity index is 2.04. The lowest BCUT2D eigenvalue weighted by Gasteiger charge is -2.27. The van der Waals surface area contributed by atoms with Gasteiger partial charge in [-0.05, 0) is 5.92 Å². The number of aromatic nitrogens is 3. The molecule has 0 spiro atoms. The van der Waals surface area contributed by atoms with Crippen molar-refractivity contribution in [2.45, 2.75) is 39.2 Å². The van der Waals surface area contributed by atoms with E-state index < -0.39 is 12.8 Å². The second kappa shape index (κ2) is 5.46. The highest BCUT2D eigenvalue weighted by Crippen LogP contribution is 2.24. The Kier molecular flexibility index (Phi) is 4.10. The zero-order chi connectivity index (χ0) is 14.0. The van der Waals surface area contributed by atoms with E-state index in [1.54, 1.807) is 0 Å². The first kappa shape index (κ1) is 14.3. The van der Waals surface area contributed by atoms with E-state index in [-0.39, 0.29) is 12.6 Å². The number of nitrogens with one attached hydrogen (secondary N) is 1. The predicted octanol–water partition coefficient (Wildman–Crippen LogP) is 1.66. The van der Waals surface area contributed by atoms with Gasteiger partial charge in [-0.25, -0.2) is 0 Å². The van der Waals surface area contributed by atoms with E-state index in [1.165, 1.54) is 0 Å². The maximum atomic E-state index is 12.0. The SMILES string of the molecule is CC(C)C1NCCn2c(COCC(F)(F)F)nnc21. The second-order valence-electron chi connectivity index (χ2n) is 4.91. The van der Waals surface area contributed by atoms with Gasteiger partial charge < -0.3 is 14.6 Å². The molecule has 2 heterocycles. The smallest absolute Gasteiger partial charge is 0.364 e. The van der Waals surface area contributed by atoms with Crippen molar-refractivity contribution in [2.75, 3.05) is 13.2 Å². The number of hydrogen-bond donors (Lipinski definition) is 1. The average Bonchev–Trinajstić information content (AvgIpc) is 2.70. The van der Waals surface area contributed by atoms with Gasteiger partial charge in [-0.15, -0.1) is 10.2 Å². The van der Waals surface area contributed by atoms with Crippen molar-refractivity contribution >= 4 is 0 Å². The van der Waals surface area contributed by atoms with Crippen LogP contribution in [-0.4, -0.2) is 34.1 Å². The largest absolute Gasteiger partial charge is 0.411 e. The minimum atomic E-state index is -4.31. The van der Waals surface area contributed by atoms with Crippen molar-refractivity contribution in [3.63, 3.8) is 0 Å². The van der Waals surface area contributed by atoms with E-state index in [9.17, 15) is 13.2 Å². The van der Waals surface area contributed by atoms with E-state index in [4.69, 9.17) is 0 Å². The van der Waals surface area contributed by atoms with Gasteiger partial charge in [0.25, 0.3) is 0 Å². The first-order valence-corrected chi connectivity index (χ1v) is 6.18. The fourth-order valence-electron chi connectivity index (χ4n) is 2.14. The maximum Gasteiger partial charge on any atom is 0.411 e. The lowest BCUT2D eigenvalue weighted by molar-refractivity contribution is -0.177. The summed E-state index contributed by atoms with van der Waals surface area (Å²) < 4.78 is 42.5. The van der Waals surface area contributed by atoms with Crippen molar-refractivity contribution in [3.8, 4) is 0 Å². The predicted molar refractivity (Wildman–Crippen MR) is 61.3 cm³/mol. The summed E-state index contributed by atoms with van der Waals surface area (Å²) in [5.41, 5.74) is 0. The van der Waals surface area contributed by atoms with Gasteiger partial charge in [0.05, 0.1) is 6.04 Å². The first-order chi connectivity index (χ1) is 8.88. The van der Waals surface area contributed by atoms with E-state index in [0.29, 0.717) is 18.3 Å². The molecule has 0 bridgehead atoms. The van der Waals surface area contributed by atoms with Gasteiger partial charge in [0.15, 0.2) is 11.6 Å². The molecule has 8 heteroatoms. The second-order valence-corrected chi connectivity index (χ2v) is 4.91. The van der Waals surface area contributed by atoms with Gasteiger partial charge in [0.2, 0.25) is 0 Å². The van der Waals surface area contributed by atoms with Gasteiger partial charge in [-0.2, -0.15) is 13.2 Å². The molecule has 2 rings (SSSR count). The van der Waals surface area contributed by atoms with E-state index >= 15 is 0 Å². The van der Waals surface area contributed by atoms with Crippen molar-refractivity contribution in [3.05, 3.63) is 11.6 Å². The van der Waals surface area contributed by atoms with Crippen LogP contribution in [0.4, 0.5) is 13.2 Å². The molecule has 0 amide bonds. The molecule has 5 nitrogen and oxygen atoms in total. The average molecular weight is 278 g/mol. The molecular formula is C11H17F3N4O. The highest BCUT2D eigenvalue weighted by Gasteiger charge is 2.29. The van der Waals surface area contributed by atoms with Crippen LogP contribution in [0.5, 0.6) is 0 Å². The summed E-state index contributed by atoms with van der Waals surface area (Å²) in [7, 11) is 0. The Morgan fingerprint density at radius 1 is 1.42 bits per heavy atom. The molecule has 1 atom stereocenters. The van der Waals surface area contributed by atoms with Crippen LogP contribution in [0.1, 0.15) is 31.5 Å². The Hall–Kier alpha value is -1.15. The third-order valence-electron chi connectivity index (χ3n) is 3.00. The molecule has 1 aromatic rings. The van der Waals surface area contributed by atoms with Crippen LogP contribution in [0.25, 0.3) is 0 Å². The minimum Gasteiger partial charge on any atom is -0.364 e. The quantitative estimate of drug-likeness (QED) is 0.910. The fraction of sp³-hybridized carbons (Fsp3) is 0.818. The summed E-state index contributed by atoms with van der Waals surface area (Å²) in [5, 5.41) is 11.3. The Morgan fingerprint density at radius 2 is 2.16 bits per heavy atom. The number of fused-ring (bicyclic) bond motifs is 1. The van der Waals surface area contributed by atoms with Crippen LogP contribution in [0, 0.1) is 5.92 Å². The summed E-state index contributed by atoms with van der Waals surface area (Å²) in [5.74, 6) is 1.56. The fourth-order valence-corrected chi connectivity index (χ4v) is 2.14. The number of rotatable bonds is 4. The standard InChI is InChI=1S/C11H17F3N4O/c1-7(2)9-10-17-16-8(18(10)4-3-15-9)5-19-6-11(12,13)14/h7,9,15H,3-6H2,1-2H3. The third-order valence-corrected chi connectivity index (χ3v) is 3.00. The highest BCUT2D eigenvalue weighted by atomic mass is 19.4. The van der Waals surface area contributed by atoms with E-state index in [1.807, 2.05) is 4.57 Å². The topological polar surface area (TPSA) is 52.0 Å². The monoisotopic (exact) mass is 278 g/mol. The zero-order valence-electron chi connectivity index (χ0n) is 10.9. The number of alkyl halides is 3. The number of halogens is 3. The molecule has 1 aliphatic rings. The van der Waals surface area contributed by atoms with Crippen LogP contribution in [0.3, 0.4) is 0 Å². The summed E-state index contributed by atoms with van der Waals surface area (Å²) in [6.07, 6.45) is -4.31. The molecule has 0 saturated carbocycles. The van der Waals surface area contributed by atoms with Crippen molar-refractivity contribution < 1.29 is 17.9 Å². The molecule has 19 heavy (non-hydrogen) atoms. The Labute approximate surface area is 109 Å². The van der Waals surface area contributed by atoms with Crippen LogP contribution in [0.15, 0.2) is 0 Å². The summed E-state index contributed by atoms with van der Waals surface area (Å²) in [4.78, 5) is 0. The van der Waals surface area contributed by atoms with Crippen molar-refractivity contribution in [2.24, 2.45) is 5.92 Å². The lowest BCUT2D eigenvalue weighted by Crippen LogP contribution is -2.37. The molecule has 0 aromatic carbocycles. The molecule has 0 fully saturated rings. The number of nitrogens with zero attached hydrogens (tertiary/aromatic N) is 3. The van der Waals surface area contributed by atoms with Crippen LogP contribution < -0.4 is 5.32 Å². The zero-order valence-corrected chi connectivity index (χ0v) is 10.9. The molecule has 1 aliphatic heterocycles. The van der Waals surface area contributed by atoms with Crippen LogP contribution in [-0.2, 0) is 17.9 Å². The molecule has 0 radical (unpaired) electrons. The van der Waals surface area contributed by atoms with E-state index in [2.05, 4.69) is 34.1 Å². The van der Waals surface area contributed by atoms with Gasteiger partial charge in [0, 0.05) is 13.1 Å². The number of ether oxygens (including phenoxy) is 1.